The highest BCUT2D eigenvalue weighted by Crippen LogP contribution is 2.26. The van der Waals surface area contributed by atoms with Gasteiger partial charge in [-0.25, -0.2) is 4.98 Å². The van der Waals surface area contributed by atoms with Gasteiger partial charge in [-0.1, -0.05) is 26.8 Å². The summed E-state index contributed by atoms with van der Waals surface area (Å²) in [5.74, 6) is -0.0113. The third kappa shape index (κ3) is 3.91. The first-order valence-corrected chi connectivity index (χ1v) is 5.30. The Morgan fingerprint density at radius 3 is 2.12 bits per heavy atom. The fourth-order valence-corrected chi connectivity index (χ4v) is 1.14. The van der Waals surface area contributed by atoms with E-state index in [1.807, 2.05) is 20.8 Å². The minimum Gasteiger partial charge on any atom is -0.465 e. The molecule has 0 N–H and O–H groups in total. The van der Waals surface area contributed by atoms with Crippen LogP contribution >= 0.6 is 0 Å². The van der Waals surface area contributed by atoms with Gasteiger partial charge in [-0.2, -0.15) is 13.2 Å². The summed E-state index contributed by atoms with van der Waals surface area (Å²) in [7, 11) is 0. The van der Waals surface area contributed by atoms with E-state index < -0.39 is 12.3 Å². The summed E-state index contributed by atoms with van der Waals surface area (Å²) in [6.07, 6.45) is -4.68. The van der Waals surface area contributed by atoms with Crippen molar-refractivity contribution < 1.29 is 17.9 Å². The molecule has 1 aromatic rings. The Balaban J connectivity index is 2.76. The summed E-state index contributed by atoms with van der Waals surface area (Å²) in [5, 5.41) is 0. The van der Waals surface area contributed by atoms with E-state index in [2.05, 4.69) is 4.98 Å². The molecule has 1 atom stereocenters. The molecule has 0 aliphatic heterocycles. The third-order valence-corrected chi connectivity index (χ3v) is 2.36. The van der Waals surface area contributed by atoms with Gasteiger partial charge in [-0.05, 0) is 17.9 Å². The van der Waals surface area contributed by atoms with Gasteiger partial charge in [0.2, 0.25) is 5.88 Å². The van der Waals surface area contributed by atoms with Gasteiger partial charge in [0.15, 0.2) is 6.10 Å². The van der Waals surface area contributed by atoms with E-state index in [9.17, 15) is 13.2 Å². The molecule has 0 saturated carbocycles. The Labute approximate surface area is 98.8 Å². The van der Waals surface area contributed by atoms with Crippen LogP contribution in [0.1, 0.15) is 33.3 Å². The van der Waals surface area contributed by atoms with Crippen molar-refractivity contribution in [1.82, 2.24) is 4.98 Å². The molecule has 0 amide bonds. The van der Waals surface area contributed by atoms with Crippen molar-refractivity contribution in [1.29, 1.82) is 0 Å². The number of pyridine rings is 1. The molecular formula is C12H16F3NO. The van der Waals surface area contributed by atoms with Gasteiger partial charge >= 0.3 is 6.18 Å². The molecule has 5 heteroatoms. The first-order valence-electron chi connectivity index (χ1n) is 5.30. The standard InChI is InChI=1S/C12H16F3NO/c1-8(12(13,14)15)17-10-6-5-9(7-16-10)11(2,3)4/h5-8H,1-4H3. The monoisotopic (exact) mass is 247 g/mol. The second kappa shape index (κ2) is 4.55. The van der Waals surface area contributed by atoms with Crippen molar-refractivity contribution in [2.24, 2.45) is 0 Å². The van der Waals surface area contributed by atoms with E-state index in [4.69, 9.17) is 4.74 Å². The average molecular weight is 247 g/mol. The van der Waals surface area contributed by atoms with Crippen LogP contribution < -0.4 is 4.74 Å². The maximum Gasteiger partial charge on any atom is 0.425 e. The third-order valence-electron chi connectivity index (χ3n) is 2.36. The maximum atomic E-state index is 12.3. The normalized spacial score (nSPS) is 14.5. The minimum absolute atomic E-state index is 0.0113. The number of alkyl halides is 3. The van der Waals surface area contributed by atoms with Gasteiger partial charge in [0, 0.05) is 12.3 Å². The van der Waals surface area contributed by atoms with Crippen molar-refractivity contribution in [2.75, 3.05) is 0 Å². The van der Waals surface area contributed by atoms with Crippen LogP contribution in [-0.4, -0.2) is 17.3 Å². The van der Waals surface area contributed by atoms with Gasteiger partial charge in [0.1, 0.15) is 0 Å². The molecule has 0 bridgehead atoms. The molecule has 96 valence electrons. The smallest absolute Gasteiger partial charge is 0.425 e. The zero-order valence-corrected chi connectivity index (χ0v) is 10.3. The van der Waals surface area contributed by atoms with Crippen molar-refractivity contribution >= 4 is 0 Å². The Bertz CT molecular complexity index is 365. The van der Waals surface area contributed by atoms with Crippen LogP contribution in [0.15, 0.2) is 18.3 Å². The lowest BCUT2D eigenvalue weighted by Crippen LogP contribution is -2.31. The van der Waals surface area contributed by atoms with E-state index in [-0.39, 0.29) is 11.3 Å². The molecule has 17 heavy (non-hydrogen) atoms. The predicted molar refractivity (Wildman–Crippen MR) is 59.1 cm³/mol. The van der Waals surface area contributed by atoms with Crippen molar-refractivity contribution in [3.8, 4) is 5.88 Å². The Hall–Kier alpha value is -1.26. The quantitative estimate of drug-likeness (QED) is 0.794. The number of hydrogen-bond acceptors (Lipinski definition) is 2. The van der Waals surface area contributed by atoms with Crippen molar-refractivity contribution in [2.45, 2.75) is 45.4 Å². The van der Waals surface area contributed by atoms with Crippen LogP contribution in [0.3, 0.4) is 0 Å². The molecule has 2 nitrogen and oxygen atoms in total. The van der Waals surface area contributed by atoms with Gasteiger partial charge in [-0.3, -0.25) is 0 Å². The number of hydrogen-bond donors (Lipinski definition) is 0. The molecule has 1 aromatic heterocycles. The average Bonchev–Trinajstić information content (AvgIpc) is 2.15. The summed E-state index contributed by atoms with van der Waals surface area (Å²) < 4.78 is 41.5. The summed E-state index contributed by atoms with van der Waals surface area (Å²) in [5.41, 5.74) is 0.866. The number of ether oxygens (including phenoxy) is 1. The Morgan fingerprint density at radius 1 is 1.18 bits per heavy atom. The second-order valence-electron chi connectivity index (χ2n) is 4.94. The van der Waals surface area contributed by atoms with Gasteiger partial charge in [0.25, 0.3) is 0 Å². The number of halogens is 3. The minimum atomic E-state index is -4.37. The van der Waals surface area contributed by atoms with Gasteiger partial charge < -0.3 is 4.74 Å². The van der Waals surface area contributed by atoms with E-state index in [0.29, 0.717) is 0 Å². The highest BCUT2D eigenvalue weighted by Gasteiger charge is 2.38. The summed E-state index contributed by atoms with van der Waals surface area (Å²) in [4.78, 5) is 3.88. The molecule has 1 rings (SSSR count). The van der Waals surface area contributed by atoms with E-state index >= 15 is 0 Å². The SMILES string of the molecule is CC(Oc1ccc(C(C)(C)C)cn1)C(F)(F)F. The topological polar surface area (TPSA) is 22.1 Å². The van der Waals surface area contributed by atoms with Gasteiger partial charge in [-0.15, -0.1) is 0 Å². The second-order valence-corrected chi connectivity index (χ2v) is 4.94. The summed E-state index contributed by atoms with van der Waals surface area (Å²) >= 11 is 0. The molecule has 0 aromatic carbocycles. The lowest BCUT2D eigenvalue weighted by atomic mass is 9.88. The number of nitrogens with zero attached hydrogens (tertiary/aromatic N) is 1. The molecule has 0 aliphatic carbocycles. The van der Waals surface area contributed by atoms with Crippen molar-refractivity contribution in [3.05, 3.63) is 23.9 Å². The van der Waals surface area contributed by atoms with Crippen LogP contribution in [0, 0.1) is 0 Å². The molecular weight excluding hydrogens is 231 g/mol. The lowest BCUT2D eigenvalue weighted by Gasteiger charge is -2.20. The van der Waals surface area contributed by atoms with E-state index in [1.54, 1.807) is 12.3 Å². The van der Waals surface area contributed by atoms with Crippen LogP contribution in [0.5, 0.6) is 5.88 Å². The highest BCUT2D eigenvalue weighted by molar-refractivity contribution is 5.23. The fourth-order valence-electron chi connectivity index (χ4n) is 1.14. The largest absolute Gasteiger partial charge is 0.465 e. The van der Waals surface area contributed by atoms with Crippen LogP contribution in [-0.2, 0) is 5.41 Å². The first-order chi connectivity index (χ1) is 7.60. The van der Waals surface area contributed by atoms with Crippen LogP contribution in [0.2, 0.25) is 0 Å². The van der Waals surface area contributed by atoms with Crippen molar-refractivity contribution in [3.63, 3.8) is 0 Å². The Kier molecular flexibility index (Phi) is 3.69. The molecule has 1 unspecified atom stereocenters. The van der Waals surface area contributed by atoms with Crippen LogP contribution in [0.25, 0.3) is 0 Å². The molecule has 0 spiro atoms. The van der Waals surface area contributed by atoms with Gasteiger partial charge in [0.05, 0.1) is 0 Å². The maximum absolute atomic E-state index is 12.3. The first kappa shape index (κ1) is 13.8. The summed E-state index contributed by atoms with van der Waals surface area (Å²) in [6.45, 7) is 6.97. The molecule has 0 fully saturated rings. The molecule has 0 radical (unpaired) electrons. The fraction of sp³-hybridized carbons (Fsp3) is 0.583. The summed E-state index contributed by atoms with van der Waals surface area (Å²) in [6, 6.07) is 3.19. The number of aromatic nitrogens is 1. The Morgan fingerprint density at radius 2 is 1.76 bits per heavy atom. The molecule has 0 saturated heterocycles. The highest BCUT2D eigenvalue weighted by atomic mass is 19.4. The number of rotatable bonds is 2. The predicted octanol–water partition coefficient (Wildman–Crippen LogP) is 3.71. The zero-order valence-electron chi connectivity index (χ0n) is 10.3. The zero-order chi connectivity index (χ0) is 13.3. The molecule has 1 heterocycles. The van der Waals surface area contributed by atoms with E-state index in [0.717, 1.165) is 12.5 Å². The lowest BCUT2D eigenvalue weighted by molar-refractivity contribution is -0.189. The van der Waals surface area contributed by atoms with Crippen LogP contribution in [0.4, 0.5) is 13.2 Å². The van der Waals surface area contributed by atoms with E-state index in [1.165, 1.54) is 6.07 Å². The molecule has 0 aliphatic rings.